The molecule has 1 heterocycles. The average Bonchev–Trinajstić information content (AvgIpc) is 2.76. The second-order valence-electron chi connectivity index (χ2n) is 5.64. The second-order valence-corrected chi connectivity index (χ2v) is 5.64. The van der Waals surface area contributed by atoms with Crippen molar-refractivity contribution in [3.8, 4) is 0 Å². The van der Waals surface area contributed by atoms with Crippen LogP contribution in [0.4, 0.5) is 5.69 Å². The van der Waals surface area contributed by atoms with Gasteiger partial charge in [-0.1, -0.05) is 26.0 Å². The zero-order chi connectivity index (χ0) is 13.9. The summed E-state index contributed by atoms with van der Waals surface area (Å²) in [6.45, 7) is 8.00. The molecule has 0 aliphatic carbocycles. The Balaban J connectivity index is 1.91. The Morgan fingerprint density at radius 2 is 2.00 bits per heavy atom. The molecule has 102 valence electrons. The molecule has 1 aromatic carbocycles. The summed E-state index contributed by atoms with van der Waals surface area (Å²) >= 11 is 0. The Morgan fingerprint density at radius 3 is 2.63 bits per heavy atom. The molecule has 0 aliphatic rings. The first kappa shape index (κ1) is 13.7. The molecule has 2 aromatic rings. The van der Waals surface area contributed by atoms with E-state index in [9.17, 15) is 0 Å². The lowest BCUT2D eigenvalue weighted by Gasteiger charge is -2.22. The highest BCUT2D eigenvalue weighted by molar-refractivity contribution is 5.40. The van der Waals surface area contributed by atoms with Crippen LogP contribution in [0.5, 0.6) is 0 Å². The Morgan fingerprint density at radius 1 is 1.21 bits per heavy atom. The Hall–Kier alpha value is -1.74. The molecule has 0 fully saturated rings. The number of furan rings is 1. The van der Waals surface area contributed by atoms with Crippen LogP contribution in [0.15, 0.2) is 40.8 Å². The van der Waals surface area contributed by atoms with Crippen LogP contribution >= 0.6 is 0 Å². The van der Waals surface area contributed by atoms with Crippen LogP contribution in [0.1, 0.15) is 30.9 Å². The number of aryl methyl sites for hydroxylation is 1. The van der Waals surface area contributed by atoms with Gasteiger partial charge in [-0.2, -0.15) is 0 Å². The van der Waals surface area contributed by atoms with E-state index in [2.05, 4.69) is 31.3 Å². The van der Waals surface area contributed by atoms with Crippen LogP contribution in [0.25, 0.3) is 0 Å². The third-order valence-electron chi connectivity index (χ3n) is 3.25. The molecule has 3 N–H and O–H groups in total. The van der Waals surface area contributed by atoms with Crippen molar-refractivity contribution in [3.63, 3.8) is 0 Å². The van der Waals surface area contributed by atoms with Gasteiger partial charge in [-0.05, 0) is 36.8 Å². The van der Waals surface area contributed by atoms with Gasteiger partial charge in [0, 0.05) is 24.2 Å². The van der Waals surface area contributed by atoms with Crippen molar-refractivity contribution in [3.05, 3.63) is 53.5 Å². The van der Waals surface area contributed by atoms with Gasteiger partial charge in [0.15, 0.2) is 0 Å². The average molecular weight is 258 g/mol. The third kappa shape index (κ3) is 3.61. The summed E-state index contributed by atoms with van der Waals surface area (Å²) in [5.41, 5.74) is 7.75. The molecular formula is C16H22N2O. The molecule has 0 atom stereocenters. The molecule has 0 radical (unpaired) electrons. The Bertz CT molecular complexity index is 543. The van der Waals surface area contributed by atoms with Gasteiger partial charge in [-0.25, -0.2) is 0 Å². The van der Waals surface area contributed by atoms with Gasteiger partial charge in [-0.3, -0.25) is 0 Å². The number of hydrogen-bond donors (Lipinski definition) is 2. The zero-order valence-electron chi connectivity index (χ0n) is 11.9. The van der Waals surface area contributed by atoms with Gasteiger partial charge in [-0.15, -0.1) is 0 Å². The van der Waals surface area contributed by atoms with Gasteiger partial charge in [0.1, 0.15) is 11.5 Å². The molecule has 0 saturated heterocycles. The summed E-state index contributed by atoms with van der Waals surface area (Å²) in [6.07, 6.45) is 0. The lowest BCUT2D eigenvalue weighted by molar-refractivity contribution is 0.357. The van der Waals surface area contributed by atoms with E-state index in [1.54, 1.807) is 0 Å². The highest BCUT2D eigenvalue weighted by Crippen LogP contribution is 2.24. The van der Waals surface area contributed by atoms with E-state index in [1.807, 2.05) is 31.2 Å². The zero-order valence-corrected chi connectivity index (χ0v) is 11.9. The predicted molar refractivity (Wildman–Crippen MR) is 79.0 cm³/mol. The Labute approximate surface area is 114 Å². The molecule has 0 amide bonds. The van der Waals surface area contributed by atoms with Crippen LogP contribution in [-0.2, 0) is 12.0 Å². The molecule has 3 nitrogen and oxygen atoms in total. The first-order chi connectivity index (χ1) is 8.97. The molecule has 0 aliphatic heterocycles. The summed E-state index contributed by atoms with van der Waals surface area (Å²) < 4.78 is 5.71. The first-order valence-corrected chi connectivity index (χ1v) is 6.59. The van der Waals surface area contributed by atoms with Crippen LogP contribution in [0.2, 0.25) is 0 Å². The topological polar surface area (TPSA) is 51.2 Å². The van der Waals surface area contributed by atoms with Gasteiger partial charge >= 0.3 is 0 Å². The molecular weight excluding hydrogens is 236 g/mol. The van der Waals surface area contributed by atoms with E-state index in [1.165, 1.54) is 5.56 Å². The summed E-state index contributed by atoms with van der Waals surface area (Å²) in [6, 6.07) is 12.0. The first-order valence-electron chi connectivity index (χ1n) is 6.59. The molecule has 2 rings (SSSR count). The maximum absolute atomic E-state index is 5.77. The fourth-order valence-corrected chi connectivity index (χ4v) is 2.11. The van der Waals surface area contributed by atoms with Gasteiger partial charge < -0.3 is 15.5 Å². The SMILES string of the molecule is Cc1ccc(C(C)(C)CNCc2cccc(N)c2)o1. The minimum atomic E-state index is -0.0193. The number of nitrogens with one attached hydrogen (secondary N) is 1. The lowest BCUT2D eigenvalue weighted by Crippen LogP contribution is -2.32. The second kappa shape index (κ2) is 5.49. The van der Waals surface area contributed by atoms with Crippen molar-refractivity contribution in [2.75, 3.05) is 12.3 Å². The van der Waals surface area contributed by atoms with Gasteiger partial charge in [0.05, 0.1) is 0 Å². The van der Waals surface area contributed by atoms with Gasteiger partial charge in [0.2, 0.25) is 0 Å². The quantitative estimate of drug-likeness (QED) is 0.809. The maximum atomic E-state index is 5.77. The van der Waals surface area contributed by atoms with Crippen molar-refractivity contribution < 1.29 is 4.42 Å². The summed E-state index contributed by atoms with van der Waals surface area (Å²) in [4.78, 5) is 0. The molecule has 0 unspecified atom stereocenters. The lowest BCUT2D eigenvalue weighted by atomic mass is 9.90. The van der Waals surface area contributed by atoms with E-state index >= 15 is 0 Å². The van der Waals surface area contributed by atoms with Crippen molar-refractivity contribution in [1.29, 1.82) is 0 Å². The molecule has 1 aromatic heterocycles. The van der Waals surface area contributed by atoms with E-state index in [0.29, 0.717) is 0 Å². The number of anilines is 1. The van der Waals surface area contributed by atoms with Crippen molar-refractivity contribution in [2.45, 2.75) is 32.7 Å². The standard InChI is InChI=1S/C16H22N2O/c1-12-7-8-15(19-12)16(2,3)11-18-10-13-5-4-6-14(17)9-13/h4-9,18H,10-11,17H2,1-3H3. The molecule has 0 bridgehead atoms. The van der Waals surface area contributed by atoms with Crippen molar-refractivity contribution in [2.24, 2.45) is 0 Å². The highest BCUT2D eigenvalue weighted by atomic mass is 16.3. The van der Waals surface area contributed by atoms with E-state index in [4.69, 9.17) is 10.2 Å². The minimum absolute atomic E-state index is 0.0193. The van der Waals surface area contributed by atoms with Crippen molar-refractivity contribution in [1.82, 2.24) is 5.32 Å². The van der Waals surface area contributed by atoms with E-state index in [0.717, 1.165) is 30.3 Å². The largest absolute Gasteiger partial charge is 0.466 e. The summed E-state index contributed by atoms with van der Waals surface area (Å²) in [5.74, 6) is 1.98. The highest BCUT2D eigenvalue weighted by Gasteiger charge is 2.23. The van der Waals surface area contributed by atoms with E-state index in [-0.39, 0.29) is 5.41 Å². The summed E-state index contributed by atoms with van der Waals surface area (Å²) in [7, 11) is 0. The number of hydrogen-bond acceptors (Lipinski definition) is 3. The maximum Gasteiger partial charge on any atom is 0.111 e. The monoisotopic (exact) mass is 258 g/mol. The predicted octanol–water partition coefficient (Wildman–Crippen LogP) is 3.24. The number of nitrogen functional groups attached to an aromatic ring is 1. The molecule has 19 heavy (non-hydrogen) atoms. The normalized spacial score (nSPS) is 11.7. The molecule has 0 spiro atoms. The summed E-state index contributed by atoms with van der Waals surface area (Å²) in [5, 5.41) is 3.46. The third-order valence-corrected chi connectivity index (χ3v) is 3.25. The van der Waals surface area contributed by atoms with Crippen LogP contribution in [0, 0.1) is 6.92 Å². The minimum Gasteiger partial charge on any atom is -0.466 e. The van der Waals surface area contributed by atoms with Crippen LogP contribution < -0.4 is 11.1 Å². The fraction of sp³-hybridized carbons (Fsp3) is 0.375. The van der Waals surface area contributed by atoms with Crippen LogP contribution in [0.3, 0.4) is 0 Å². The van der Waals surface area contributed by atoms with E-state index < -0.39 is 0 Å². The van der Waals surface area contributed by atoms with Crippen molar-refractivity contribution >= 4 is 5.69 Å². The Kier molecular flexibility index (Phi) is 3.96. The van der Waals surface area contributed by atoms with Crippen LogP contribution in [-0.4, -0.2) is 6.54 Å². The number of benzene rings is 1. The molecule has 0 saturated carbocycles. The molecule has 3 heteroatoms. The smallest absolute Gasteiger partial charge is 0.111 e. The number of rotatable bonds is 5. The number of nitrogens with two attached hydrogens (primary N) is 1. The van der Waals surface area contributed by atoms with Gasteiger partial charge in [0.25, 0.3) is 0 Å². The fourth-order valence-electron chi connectivity index (χ4n) is 2.11.